The van der Waals surface area contributed by atoms with E-state index in [0.717, 1.165) is 0 Å². The molecule has 0 saturated carbocycles. The zero-order valence-electron chi connectivity index (χ0n) is 8.75. The molecule has 0 fully saturated rings. The summed E-state index contributed by atoms with van der Waals surface area (Å²) in [6, 6.07) is 4.40. The number of rotatable bonds is 4. The van der Waals surface area contributed by atoms with Gasteiger partial charge in [-0.2, -0.15) is 0 Å². The van der Waals surface area contributed by atoms with Crippen molar-refractivity contribution in [3.05, 3.63) is 36.2 Å². The van der Waals surface area contributed by atoms with E-state index in [0.29, 0.717) is 5.69 Å². The number of nitrogens with zero attached hydrogens (tertiary/aromatic N) is 1. The van der Waals surface area contributed by atoms with E-state index < -0.39 is 17.9 Å². The Morgan fingerprint density at radius 2 is 2.25 bits per heavy atom. The lowest BCUT2D eigenvalue weighted by atomic mass is 10.3. The average Bonchev–Trinajstić information content (AvgIpc) is 2.27. The number of aromatic nitrogens is 1. The maximum absolute atomic E-state index is 11.2. The highest BCUT2D eigenvalue weighted by Crippen LogP contribution is 1.95. The molecule has 1 rings (SSSR count). The van der Waals surface area contributed by atoms with Gasteiger partial charge in [0.15, 0.2) is 0 Å². The summed E-state index contributed by atoms with van der Waals surface area (Å²) < 4.78 is 0. The van der Waals surface area contributed by atoms with E-state index in [4.69, 9.17) is 5.11 Å². The van der Waals surface area contributed by atoms with E-state index in [2.05, 4.69) is 10.3 Å². The monoisotopic (exact) mass is 220 g/mol. The molecule has 0 aliphatic carbocycles. The van der Waals surface area contributed by atoms with Crippen LogP contribution in [0, 0.1) is 0 Å². The third-order valence-electron chi connectivity index (χ3n) is 1.82. The third kappa shape index (κ3) is 3.91. The van der Waals surface area contributed by atoms with Crippen LogP contribution in [0.2, 0.25) is 0 Å². The molecule has 0 bridgehead atoms. The van der Waals surface area contributed by atoms with Crippen LogP contribution in [0.3, 0.4) is 0 Å². The van der Waals surface area contributed by atoms with Crippen molar-refractivity contribution in [2.45, 2.75) is 13.0 Å². The SMILES string of the molecule is CC(NC(=O)/C=C/c1ccccn1)C(=O)O. The Morgan fingerprint density at radius 1 is 1.50 bits per heavy atom. The summed E-state index contributed by atoms with van der Waals surface area (Å²) in [5.74, 6) is -1.53. The molecule has 84 valence electrons. The van der Waals surface area contributed by atoms with E-state index in [1.165, 1.54) is 19.1 Å². The predicted octanol–water partition coefficient (Wildman–Crippen LogP) is 0.684. The Labute approximate surface area is 92.8 Å². The maximum Gasteiger partial charge on any atom is 0.325 e. The molecular weight excluding hydrogens is 208 g/mol. The van der Waals surface area contributed by atoms with Crippen LogP contribution in [0.4, 0.5) is 0 Å². The molecular formula is C11H12N2O3. The van der Waals surface area contributed by atoms with E-state index in [-0.39, 0.29) is 0 Å². The summed E-state index contributed by atoms with van der Waals surface area (Å²) in [5, 5.41) is 10.9. The largest absolute Gasteiger partial charge is 0.480 e. The van der Waals surface area contributed by atoms with Gasteiger partial charge < -0.3 is 10.4 Å². The molecule has 16 heavy (non-hydrogen) atoms. The van der Waals surface area contributed by atoms with Crippen molar-refractivity contribution in [1.29, 1.82) is 0 Å². The fraction of sp³-hybridized carbons (Fsp3) is 0.182. The molecule has 0 radical (unpaired) electrons. The van der Waals surface area contributed by atoms with Gasteiger partial charge >= 0.3 is 5.97 Å². The van der Waals surface area contributed by atoms with Gasteiger partial charge in [-0.3, -0.25) is 14.6 Å². The third-order valence-corrected chi connectivity index (χ3v) is 1.82. The van der Waals surface area contributed by atoms with E-state index in [1.54, 1.807) is 24.4 Å². The van der Waals surface area contributed by atoms with Crippen molar-refractivity contribution < 1.29 is 14.7 Å². The zero-order valence-corrected chi connectivity index (χ0v) is 8.75. The molecule has 2 N–H and O–H groups in total. The highest BCUT2D eigenvalue weighted by Gasteiger charge is 2.11. The van der Waals surface area contributed by atoms with Gasteiger partial charge in [-0.05, 0) is 25.1 Å². The molecule has 1 aromatic rings. The Bertz CT molecular complexity index is 401. The molecule has 0 spiro atoms. The molecule has 0 aliphatic rings. The van der Waals surface area contributed by atoms with Crippen LogP contribution in [-0.2, 0) is 9.59 Å². The second-order valence-electron chi connectivity index (χ2n) is 3.16. The van der Waals surface area contributed by atoms with Gasteiger partial charge in [0, 0.05) is 12.3 Å². The standard InChI is InChI=1S/C11H12N2O3/c1-8(11(15)16)13-10(14)6-5-9-4-2-3-7-12-9/h2-8H,1H3,(H,13,14)(H,15,16)/b6-5+. The van der Waals surface area contributed by atoms with Crippen LogP contribution in [0.5, 0.6) is 0 Å². The fourth-order valence-corrected chi connectivity index (χ4v) is 0.959. The molecule has 1 amide bonds. The van der Waals surface area contributed by atoms with Crippen molar-refractivity contribution in [1.82, 2.24) is 10.3 Å². The number of pyridine rings is 1. The normalized spacial score (nSPS) is 12.3. The second-order valence-corrected chi connectivity index (χ2v) is 3.16. The van der Waals surface area contributed by atoms with E-state index in [1.807, 2.05) is 0 Å². The molecule has 0 saturated heterocycles. The minimum Gasteiger partial charge on any atom is -0.480 e. The summed E-state index contributed by atoms with van der Waals surface area (Å²) >= 11 is 0. The quantitative estimate of drug-likeness (QED) is 0.731. The van der Waals surface area contributed by atoms with Crippen molar-refractivity contribution in [3.63, 3.8) is 0 Å². The van der Waals surface area contributed by atoms with Gasteiger partial charge in [-0.1, -0.05) is 6.07 Å². The first-order valence-electron chi connectivity index (χ1n) is 4.72. The van der Waals surface area contributed by atoms with Crippen LogP contribution < -0.4 is 5.32 Å². The van der Waals surface area contributed by atoms with Crippen LogP contribution in [0.15, 0.2) is 30.5 Å². The van der Waals surface area contributed by atoms with E-state index in [9.17, 15) is 9.59 Å². The van der Waals surface area contributed by atoms with Crippen LogP contribution in [-0.4, -0.2) is 28.0 Å². The Balaban J connectivity index is 2.52. The van der Waals surface area contributed by atoms with E-state index >= 15 is 0 Å². The highest BCUT2D eigenvalue weighted by molar-refractivity contribution is 5.94. The summed E-state index contributed by atoms with van der Waals surface area (Å²) in [7, 11) is 0. The smallest absolute Gasteiger partial charge is 0.325 e. The maximum atomic E-state index is 11.2. The van der Waals surface area contributed by atoms with Gasteiger partial charge in [0.1, 0.15) is 6.04 Å². The fourth-order valence-electron chi connectivity index (χ4n) is 0.959. The van der Waals surface area contributed by atoms with Crippen LogP contribution in [0.25, 0.3) is 6.08 Å². The molecule has 1 heterocycles. The lowest BCUT2D eigenvalue weighted by Crippen LogP contribution is -2.37. The average molecular weight is 220 g/mol. The van der Waals surface area contributed by atoms with Crippen molar-refractivity contribution >= 4 is 18.0 Å². The van der Waals surface area contributed by atoms with Crippen molar-refractivity contribution in [3.8, 4) is 0 Å². The number of nitrogens with one attached hydrogen (secondary N) is 1. The number of carbonyl (C=O) groups is 2. The van der Waals surface area contributed by atoms with Crippen LogP contribution in [0.1, 0.15) is 12.6 Å². The zero-order chi connectivity index (χ0) is 12.0. The minimum atomic E-state index is -1.07. The number of hydrogen-bond donors (Lipinski definition) is 2. The van der Waals surface area contributed by atoms with Gasteiger partial charge in [0.05, 0.1) is 5.69 Å². The summed E-state index contributed by atoms with van der Waals surface area (Å²) in [4.78, 5) is 25.7. The summed E-state index contributed by atoms with van der Waals surface area (Å²) in [6.45, 7) is 1.40. The Kier molecular flexibility index (Phi) is 4.20. The number of carbonyl (C=O) groups excluding carboxylic acids is 1. The van der Waals surface area contributed by atoms with Crippen molar-refractivity contribution in [2.75, 3.05) is 0 Å². The van der Waals surface area contributed by atoms with Crippen molar-refractivity contribution in [2.24, 2.45) is 0 Å². The number of hydrogen-bond acceptors (Lipinski definition) is 3. The number of aliphatic carboxylic acids is 1. The molecule has 5 nitrogen and oxygen atoms in total. The summed E-state index contributed by atoms with van der Waals surface area (Å²) in [5.41, 5.74) is 0.639. The molecule has 0 aromatic carbocycles. The first-order chi connectivity index (χ1) is 7.59. The number of carboxylic acids is 1. The second kappa shape index (κ2) is 5.65. The first kappa shape index (κ1) is 11.9. The topological polar surface area (TPSA) is 79.3 Å². The van der Waals surface area contributed by atoms with Gasteiger partial charge in [-0.15, -0.1) is 0 Å². The Hall–Kier alpha value is -2.17. The van der Waals surface area contributed by atoms with Crippen LogP contribution >= 0.6 is 0 Å². The first-order valence-corrected chi connectivity index (χ1v) is 4.72. The number of amides is 1. The van der Waals surface area contributed by atoms with Gasteiger partial charge in [0.25, 0.3) is 0 Å². The minimum absolute atomic E-state index is 0.458. The molecule has 1 unspecified atom stereocenters. The molecule has 1 atom stereocenters. The predicted molar refractivity (Wildman–Crippen MR) is 58.5 cm³/mol. The highest BCUT2D eigenvalue weighted by atomic mass is 16.4. The lowest BCUT2D eigenvalue weighted by Gasteiger charge is -2.05. The lowest BCUT2D eigenvalue weighted by molar-refractivity contribution is -0.140. The molecule has 1 aromatic heterocycles. The van der Waals surface area contributed by atoms with Gasteiger partial charge in [0.2, 0.25) is 5.91 Å². The molecule has 5 heteroatoms. The Morgan fingerprint density at radius 3 is 2.81 bits per heavy atom. The number of carboxylic acid groups (broad SMARTS) is 1. The summed E-state index contributed by atoms with van der Waals surface area (Å²) in [6.07, 6.45) is 4.38. The van der Waals surface area contributed by atoms with Gasteiger partial charge in [-0.25, -0.2) is 0 Å². The molecule has 0 aliphatic heterocycles.